The average Bonchev–Trinajstić information content (AvgIpc) is 2.32. The summed E-state index contributed by atoms with van der Waals surface area (Å²) in [5, 5.41) is 0. The summed E-state index contributed by atoms with van der Waals surface area (Å²) in [7, 11) is 5.70. The number of rotatable bonds is 2. The molecule has 76 valence electrons. The zero-order chi connectivity index (χ0) is 11.4. The third-order valence-electron chi connectivity index (χ3n) is 2.40. The number of pyridine rings is 1. The third kappa shape index (κ3) is 2.60. The molecule has 0 atom stereocenters. The summed E-state index contributed by atoms with van der Waals surface area (Å²) >= 11 is 0. The molecule has 0 aliphatic rings. The molecule has 1 heterocycles. The summed E-state index contributed by atoms with van der Waals surface area (Å²) in [4.78, 5) is 4.21. The van der Waals surface area contributed by atoms with E-state index in [0.29, 0.717) is 5.46 Å². The van der Waals surface area contributed by atoms with Crippen molar-refractivity contribution in [3.05, 3.63) is 59.4 Å². The fourth-order valence-corrected chi connectivity index (χ4v) is 1.49. The van der Waals surface area contributed by atoms with Gasteiger partial charge in [-0.2, -0.15) is 0 Å². The molecule has 0 unspecified atom stereocenters. The van der Waals surface area contributed by atoms with Crippen LogP contribution in [0, 0.1) is 6.92 Å². The molecular weight excluding hydrogens is 193 g/mol. The van der Waals surface area contributed by atoms with Crippen molar-refractivity contribution in [1.29, 1.82) is 0 Å². The molecule has 0 bridgehead atoms. The Morgan fingerprint density at radius 1 is 1.12 bits per heavy atom. The zero-order valence-corrected chi connectivity index (χ0v) is 9.22. The highest BCUT2D eigenvalue weighted by molar-refractivity contribution is 6.32. The van der Waals surface area contributed by atoms with Crippen LogP contribution in [0.2, 0.25) is 0 Å². The molecule has 2 heteroatoms. The average molecular weight is 205 g/mol. The van der Waals surface area contributed by atoms with E-state index in [1.807, 2.05) is 37.3 Å². The number of hydrogen-bond donors (Lipinski definition) is 0. The van der Waals surface area contributed by atoms with Gasteiger partial charge in [-0.25, -0.2) is 0 Å². The number of benzene rings is 1. The lowest BCUT2D eigenvalue weighted by atomic mass is 9.96. The van der Waals surface area contributed by atoms with Gasteiger partial charge in [-0.05, 0) is 18.1 Å². The van der Waals surface area contributed by atoms with Gasteiger partial charge in [0, 0.05) is 11.9 Å². The fraction of sp³-hybridized carbons (Fsp3) is 0.0714. The summed E-state index contributed by atoms with van der Waals surface area (Å²) in [6.45, 7) is 1.98. The maximum Gasteiger partial charge on any atom is 0.115 e. The molecule has 0 spiro atoms. The van der Waals surface area contributed by atoms with Gasteiger partial charge < -0.3 is 0 Å². The lowest BCUT2D eigenvalue weighted by Crippen LogP contribution is -2.04. The van der Waals surface area contributed by atoms with E-state index in [-0.39, 0.29) is 0 Å². The summed E-state index contributed by atoms with van der Waals surface area (Å²) in [5.74, 6) is 0. The Hall–Kier alpha value is -1.83. The zero-order valence-electron chi connectivity index (χ0n) is 9.22. The Bertz CT molecular complexity index is 503. The first-order valence-electron chi connectivity index (χ1n) is 5.21. The van der Waals surface area contributed by atoms with Gasteiger partial charge in [0.15, 0.2) is 0 Å². The molecule has 0 saturated heterocycles. The van der Waals surface area contributed by atoms with E-state index in [1.54, 1.807) is 6.20 Å². The first kappa shape index (κ1) is 10.7. The van der Waals surface area contributed by atoms with Gasteiger partial charge in [0.2, 0.25) is 0 Å². The van der Waals surface area contributed by atoms with Crippen LogP contribution in [0.15, 0.2) is 42.6 Å². The van der Waals surface area contributed by atoms with Gasteiger partial charge in [0.25, 0.3) is 0 Å². The van der Waals surface area contributed by atoms with Crippen LogP contribution in [0.3, 0.4) is 0 Å². The van der Waals surface area contributed by atoms with Gasteiger partial charge in [-0.3, -0.25) is 4.98 Å². The Labute approximate surface area is 97.3 Å². The number of hydrogen-bond acceptors (Lipinski definition) is 1. The molecule has 2 rings (SSSR count). The molecule has 0 aliphatic heterocycles. The summed E-state index contributed by atoms with van der Waals surface area (Å²) in [5.41, 5.74) is 3.91. The maximum absolute atomic E-state index is 5.70. The predicted octanol–water partition coefficient (Wildman–Crippen LogP) is 2.35. The van der Waals surface area contributed by atoms with Crippen molar-refractivity contribution in [3.63, 3.8) is 0 Å². The molecular formula is C14H12BN. The quantitative estimate of drug-likeness (QED) is 0.685. The Morgan fingerprint density at radius 3 is 2.62 bits per heavy atom. The van der Waals surface area contributed by atoms with Crippen LogP contribution in [-0.2, 0) is 0 Å². The van der Waals surface area contributed by atoms with Crippen LogP contribution < -0.4 is 5.46 Å². The SMILES string of the molecule is [B]c1cnc(C)c(/C=C/c2ccccc2)c1. The predicted molar refractivity (Wildman–Crippen MR) is 69.7 cm³/mol. The monoisotopic (exact) mass is 205 g/mol. The Balaban J connectivity index is 2.27. The first-order valence-corrected chi connectivity index (χ1v) is 5.21. The highest BCUT2D eigenvalue weighted by Crippen LogP contribution is 2.09. The minimum atomic E-state index is 0.693. The summed E-state index contributed by atoms with van der Waals surface area (Å²) in [6.07, 6.45) is 5.77. The fourth-order valence-electron chi connectivity index (χ4n) is 1.49. The standard InChI is InChI=1S/C14H12BN/c1-11-13(9-14(15)10-16-11)8-7-12-5-3-2-4-6-12/h2-10H,1H3/b8-7+. The largest absolute Gasteiger partial charge is 0.262 e. The lowest BCUT2D eigenvalue weighted by molar-refractivity contribution is 1.20. The van der Waals surface area contributed by atoms with E-state index in [1.165, 1.54) is 5.56 Å². The third-order valence-corrected chi connectivity index (χ3v) is 2.40. The van der Waals surface area contributed by atoms with E-state index in [0.717, 1.165) is 11.3 Å². The molecule has 2 radical (unpaired) electrons. The van der Waals surface area contributed by atoms with Gasteiger partial charge in [-0.1, -0.05) is 54.0 Å². The van der Waals surface area contributed by atoms with E-state index < -0.39 is 0 Å². The molecule has 0 aliphatic carbocycles. The summed E-state index contributed by atoms with van der Waals surface area (Å²) < 4.78 is 0. The van der Waals surface area contributed by atoms with Crippen molar-refractivity contribution in [2.75, 3.05) is 0 Å². The molecule has 0 saturated carbocycles. The van der Waals surface area contributed by atoms with Crippen LogP contribution in [0.25, 0.3) is 12.2 Å². The topological polar surface area (TPSA) is 12.9 Å². The van der Waals surface area contributed by atoms with Crippen molar-refractivity contribution in [2.45, 2.75) is 6.92 Å². The van der Waals surface area contributed by atoms with Crippen molar-refractivity contribution >= 4 is 25.5 Å². The molecule has 1 aromatic heterocycles. The Morgan fingerprint density at radius 2 is 1.88 bits per heavy atom. The van der Waals surface area contributed by atoms with Crippen LogP contribution >= 0.6 is 0 Å². The van der Waals surface area contributed by atoms with Gasteiger partial charge >= 0.3 is 0 Å². The minimum Gasteiger partial charge on any atom is -0.262 e. The number of aryl methyl sites for hydroxylation is 1. The van der Waals surface area contributed by atoms with E-state index in [2.05, 4.69) is 23.2 Å². The molecule has 0 fully saturated rings. The van der Waals surface area contributed by atoms with Crippen molar-refractivity contribution in [3.8, 4) is 0 Å². The van der Waals surface area contributed by atoms with Gasteiger partial charge in [0.1, 0.15) is 7.85 Å². The normalized spacial score (nSPS) is 10.8. The molecule has 0 N–H and O–H groups in total. The van der Waals surface area contributed by atoms with Crippen LogP contribution in [0.4, 0.5) is 0 Å². The van der Waals surface area contributed by atoms with E-state index in [4.69, 9.17) is 7.85 Å². The Kier molecular flexibility index (Phi) is 3.20. The lowest BCUT2D eigenvalue weighted by Gasteiger charge is -2.01. The van der Waals surface area contributed by atoms with Gasteiger partial charge in [0.05, 0.1) is 0 Å². The molecule has 2 aromatic rings. The van der Waals surface area contributed by atoms with Crippen molar-refractivity contribution < 1.29 is 0 Å². The molecule has 1 nitrogen and oxygen atoms in total. The second-order valence-corrected chi connectivity index (χ2v) is 3.69. The molecule has 0 amide bonds. The van der Waals surface area contributed by atoms with E-state index >= 15 is 0 Å². The minimum absolute atomic E-state index is 0.693. The highest BCUT2D eigenvalue weighted by atomic mass is 14.7. The van der Waals surface area contributed by atoms with Gasteiger partial charge in [-0.15, -0.1) is 0 Å². The van der Waals surface area contributed by atoms with Crippen molar-refractivity contribution in [1.82, 2.24) is 4.98 Å². The maximum atomic E-state index is 5.70. The second-order valence-electron chi connectivity index (χ2n) is 3.69. The number of aromatic nitrogens is 1. The summed E-state index contributed by atoms with van der Waals surface area (Å²) in [6, 6.07) is 12.1. The molecule has 16 heavy (non-hydrogen) atoms. The molecule has 1 aromatic carbocycles. The van der Waals surface area contributed by atoms with Crippen molar-refractivity contribution in [2.24, 2.45) is 0 Å². The first-order chi connectivity index (χ1) is 7.75. The van der Waals surface area contributed by atoms with Crippen LogP contribution in [-0.4, -0.2) is 12.8 Å². The number of nitrogens with zero attached hydrogens (tertiary/aromatic N) is 1. The van der Waals surface area contributed by atoms with Crippen LogP contribution in [0.1, 0.15) is 16.8 Å². The van der Waals surface area contributed by atoms with E-state index in [9.17, 15) is 0 Å². The second kappa shape index (κ2) is 4.80. The van der Waals surface area contributed by atoms with Crippen LogP contribution in [0.5, 0.6) is 0 Å². The highest BCUT2D eigenvalue weighted by Gasteiger charge is 1.95. The smallest absolute Gasteiger partial charge is 0.115 e.